The van der Waals surface area contributed by atoms with Gasteiger partial charge in [-0.2, -0.15) is 0 Å². The van der Waals surface area contributed by atoms with E-state index in [9.17, 15) is 0 Å². The van der Waals surface area contributed by atoms with Crippen LogP contribution in [0.2, 0.25) is 0 Å². The second-order valence-corrected chi connectivity index (χ2v) is 4.88. The van der Waals surface area contributed by atoms with Crippen LogP contribution < -0.4 is 5.32 Å². The summed E-state index contributed by atoms with van der Waals surface area (Å²) in [7, 11) is 0. The number of hydrogen-bond donors (Lipinski definition) is 1. The summed E-state index contributed by atoms with van der Waals surface area (Å²) >= 11 is 3.44. The minimum atomic E-state index is 0.572. The highest BCUT2D eigenvalue weighted by atomic mass is 79.9. The lowest BCUT2D eigenvalue weighted by molar-refractivity contribution is 0.455. The molecule has 1 heterocycles. The van der Waals surface area contributed by atoms with Gasteiger partial charge in [0.25, 0.3) is 0 Å². The van der Waals surface area contributed by atoms with Gasteiger partial charge in [0.2, 0.25) is 0 Å². The first-order chi connectivity index (χ1) is 7.34. The van der Waals surface area contributed by atoms with E-state index in [1.807, 2.05) is 0 Å². The Hall–Kier alpha value is -0.600. The summed E-state index contributed by atoms with van der Waals surface area (Å²) in [5, 5.41) is 3.50. The number of benzene rings is 1. The number of hydrogen-bond acceptors (Lipinski definition) is 1. The molecule has 0 aliphatic carbocycles. The predicted molar refractivity (Wildman–Crippen MR) is 68.8 cm³/mol. The fraction of sp³-hybridized carbons (Fsp3) is 0.385. The molecule has 0 saturated carbocycles. The summed E-state index contributed by atoms with van der Waals surface area (Å²) < 4.78 is 1.13. The van der Waals surface area contributed by atoms with Crippen LogP contribution in [0.4, 0.5) is 0 Å². The smallest absolute Gasteiger partial charge is 0.0253 e. The summed E-state index contributed by atoms with van der Waals surface area (Å²) in [5.74, 6) is 0. The molecule has 2 heteroatoms. The Kier molecular flexibility index (Phi) is 3.98. The third-order valence-electron chi connectivity index (χ3n) is 2.74. The van der Waals surface area contributed by atoms with E-state index in [1.165, 1.54) is 24.8 Å². The summed E-state index contributed by atoms with van der Waals surface area (Å²) in [5.41, 5.74) is 1.27. The maximum atomic E-state index is 3.50. The van der Waals surface area contributed by atoms with E-state index in [0.717, 1.165) is 11.0 Å². The van der Waals surface area contributed by atoms with Crippen molar-refractivity contribution in [1.29, 1.82) is 0 Å². The molecule has 80 valence electrons. The lowest BCUT2D eigenvalue weighted by atomic mass is 10.0. The van der Waals surface area contributed by atoms with Crippen molar-refractivity contribution in [3.05, 3.63) is 40.4 Å². The van der Waals surface area contributed by atoms with Crippen LogP contribution in [0.1, 0.15) is 24.8 Å². The van der Waals surface area contributed by atoms with Crippen molar-refractivity contribution < 1.29 is 0 Å². The Labute approximate surface area is 99.7 Å². The third kappa shape index (κ3) is 3.47. The molecule has 0 amide bonds. The minimum Gasteiger partial charge on any atom is -0.311 e. The van der Waals surface area contributed by atoms with Crippen LogP contribution in [0.5, 0.6) is 0 Å². The molecule has 0 radical (unpaired) electrons. The van der Waals surface area contributed by atoms with Gasteiger partial charge in [-0.15, -0.1) is 0 Å². The normalized spacial score (nSPS) is 22.1. The Morgan fingerprint density at radius 3 is 2.67 bits per heavy atom. The molecular formula is C13H16BrN. The Bertz CT molecular complexity index is 323. The largest absolute Gasteiger partial charge is 0.311 e. The molecule has 1 aliphatic rings. The van der Waals surface area contributed by atoms with Gasteiger partial charge in [0.1, 0.15) is 0 Å². The average molecular weight is 266 g/mol. The van der Waals surface area contributed by atoms with E-state index in [0.29, 0.717) is 6.04 Å². The van der Waals surface area contributed by atoms with Gasteiger partial charge in [0, 0.05) is 10.5 Å². The Balaban J connectivity index is 1.95. The molecule has 1 unspecified atom stereocenters. The zero-order valence-electron chi connectivity index (χ0n) is 8.75. The van der Waals surface area contributed by atoms with Crippen LogP contribution in [0.25, 0.3) is 6.08 Å². The van der Waals surface area contributed by atoms with Crippen molar-refractivity contribution in [2.75, 3.05) is 6.54 Å². The molecule has 15 heavy (non-hydrogen) atoms. The molecule has 1 aromatic rings. The minimum absolute atomic E-state index is 0.572. The first-order valence-electron chi connectivity index (χ1n) is 5.52. The molecule has 1 N–H and O–H groups in total. The van der Waals surface area contributed by atoms with Crippen LogP contribution >= 0.6 is 15.9 Å². The second-order valence-electron chi connectivity index (χ2n) is 3.97. The van der Waals surface area contributed by atoms with Crippen molar-refractivity contribution in [2.24, 2.45) is 0 Å². The SMILES string of the molecule is Brc1ccc(/C=C/C2CCCCN2)cc1. The number of halogens is 1. The first kappa shape index (κ1) is 10.9. The van der Waals surface area contributed by atoms with E-state index in [2.05, 4.69) is 57.7 Å². The van der Waals surface area contributed by atoms with Gasteiger partial charge in [-0.25, -0.2) is 0 Å². The van der Waals surface area contributed by atoms with Crippen molar-refractivity contribution in [3.63, 3.8) is 0 Å². The molecule has 1 aromatic carbocycles. The average Bonchev–Trinajstić information content (AvgIpc) is 2.30. The second kappa shape index (κ2) is 5.47. The highest BCUT2D eigenvalue weighted by Crippen LogP contribution is 2.13. The standard InChI is InChI=1S/C13H16BrN/c14-12-7-4-11(5-8-12)6-9-13-3-1-2-10-15-13/h4-9,13,15H,1-3,10H2/b9-6+. The van der Waals surface area contributed by atoms with Gasteiger partial charge in [0.15, 0.2) is 0 Å². The van der Waals surface area contributed by atoms with Gasteiger partial charge in [0.05, 0.1) is 0 Å². The van der Waals surface area contributed by atoms with Gasteiger partial charge in [-0.3, -0.25) is 0 Å². The van der Waals surface area contributed by atoms with Gasteiger partial charge in [-0.05, 0) is 37.1 Å². The summed E-state index contributed by atoms with van der Waals surface area (Å²) in [6, 6.07) is 8.98. The molecule has 1 atom stereocenters. The van der Waals surface area contributed by atoms with Crippen molar-refractivity contribution in [2.45, 2.75) is 25.3 Å². The quantitative estimate of drug-likeness (QED) is 0.862. The number of nitrogens with one attached hydrogen (secondary N) is 1. The molecule has 0 bridgehead atoms. The fourth-order valence-electron chi connectivity index (χ4n) is 1.84. The van der Waals surface area contributed by atoms with Gasteiger partial charge < -0.3 is 5.32 Å². The highest BCUT2D eigenvalue weighted by Gasteiger charge is 2.07. The van der Waals surface area contributed by atoms with Crippen LogP contribution in [0.15, 0.2) is 34.8 Å². The molecule has 1 nitrogen and oxygen atoms in total. The van der Waals surface area contributed by atoms with Gasteiger partial charge in [-0.1, -0.05) is 46.6 Å². The molecular weight excluding hydrogens is 250 g/mol. The molecule has 0 aromatic heterocycles. The summed E-state index contributed by atoms with van der Waals surface area (Å²) in [6.45, 7) is 1.16. The van der Waals surface area contributed by atoms with E-state index in [1.54, 1.807) is 0 Å². The van der Waals surface area contributed by atoms with Crippen molar-refractivity contribution in [1.82, 2.24) is 5.32 Å². The predicted octanol–water partition coefficient (Wildman–Crippen LogP) is 3.60. The number of rotatable bonds is 2. The van der Waals surface area contributed by atoms with Crippen molar-refractivity contribution in [3.8, 4) is 0 Å². The highest BCUT2D eigenvalue weighted by molar-refractivity contribution is 9.10. The Morgan fingerprint density at radius 2 is 2.00 bits per heavy atom. The van der Waals surface area contributed by atoms with E-state index >= 15 is 0 Å². The molecule has 2 rings (SSSR count). The molecule has 0 spiro atoms. The summed E-state index contributed by atoms with van der Waals surface area (Å²) in [4.78, 5) is 0. The van der Waals surface area contributed by atoms with Crippen LogP contribution in [0, 0.1) is 0 Å². The zero-order valence-corrected chi connectivity index (χ0v) is 10.3. The topological polar surface area (TPSA) is 12.0 Å². The van der Waals surface area contributed by atoms with Crippen molar-refractivity contribution >= 4 is 22.0 Å². The first-order valence-corrected chi connectivity index (χ1v) is 6.31. The fourth-order valence-corrected chi connectivity index (χ4v) is 2.11. The third-order valence-corrected chi connectivity index (χ3v) is 3.27. The lowest BCUT2D eigenvalue weighted by Gasteiger charge is -2.19. The van der Waals surface area contributed by atoms with Gasteiger partial charge >= 0.3 is 0 Å². The van der Waals surface area contributed by atoms with Crippen LogP contribution in [-0.4, -0.2) is 12.6 Å². The van der Waals surface area contributed by atoms with E-state index in [-0.39, 0.29) is 0 Å². The maximum Gasteiger partial charge on any atom is 0.0253 e. The van der Waals surface area contributed by atoms with E-state index < -0.39 is 0 Å². The number of piperidine rings is 1. The zero-order chi connectivity index (χ0) is 10.5. The summed E-state index contributed by atoms with van der Waals surface area (Å²) in [6.07, 6.45) is 8.43. The maximum absolute atomic E-state index is 3.50. The molecule has 1 fully saturated rings. The van der Waals surface area contributed by atoms with E-state index in [4.69, 9.17) is 0 Å². The molecule has 1 saturated heterocycles. The lowest BCUT2D eigenvalue weighted by Crippen LogP contribution is -2.31. The van der Waals surface area contributed by atoms with Crippen LogP contribution in [-0.2, 0) is 0 Å². The Morgan fingerprint density at radius 1 is 1.20 bits per heavy atom. The monoisotopic (exact) mass is 265 g/mol. The molecule has 1 aliphatic heterocycles. The van der Waals surface area contributed by atoms with Crippen LogP contribution in [0.3, 0.4) is 0 Å².